The van der Waals surface area contributed by atoms with Gasteiger partial charge >= 0.3 is 0 Å². The van der Waals surface area contributed by atoms with Crippen LogP contribution in [0, 0.1) is 11.7 Å². The lowest BCUT2D eigenvalue weighted by atomic mass is 10.0. The van der Waals surface area contributed by atoms with Gasteiger partial charge in [-0.3, -0.25) is 4.90 Å². The van der Waals surface area contributed by atoms with Crippen LogP contribution in [0.1, 0.15) is 31.0 Å². The van der Waals surface area contributed by atoms with E-state index in [4.69, 9.17) is 0 Å². The summed E-state index contributed by atoms with van der Waals surface area (Å²) >= 11 is 0. The molecule has 2 heterocycles. The number of nitrogens with zero attached hydrogens (tertiary/aromatic N) is 3. The van der Waals surface area contributed by atoms with E-state index in [1.807, 2.05) is 0 Å². The second kappa shape index (κ2) is 7.25. The SMILES string of the molecule is CC1CCCN(Cc2cnc(S(C)(=O)=O)n2Cc2ccccc2F)C1. The third-order valence-corrected chi connectivity index (χ3v) is 5.64. The predicted molar refractivity (Wildman–Crippen MR) is 94.5 cm³/mol. The average molecular weight is 365 g/mol. The van der Waals surface area contributed by atoms with Crippen LogP contribution in [0.5, 0.6) is 0 Å². The Labute approximate surface area is 148 Å². The molecule has 2 aromatic rings. The molecule has 1 atom stereocenters. The van der Waals surface area contributed by atoms with Crippen LogP contribution in [0.3, 0.4) is 0 Å². The Morgan fingerprint density at radius 3 is 2.72 bits per heavy atom. The summed E-state index contributed by atoms with van der Waals surface area (Å²) in [5, 5.41) is -0.00388. The summed E-state index contributed by atoms with van der Waals surface area (Å²) < 4.78 is 39.9. The molecule has 0 saturated carbocycles. The summed E-state index contributed by atoms with van der Waals surface area (Å²) in [4.78, 5) is 6.44. The zero-order valence-electron chi connectivity index (χ0n) is 14.7. The first kappa shape index (κ1) is 18.1. The minimum Gasteiger partial charge on any atom is -0.313 e. The van der Waals surface area contributed by atoms with Gasteiger partial charge in [-0.05, 0) is 31.4 Å². The van der Waals surface area contributed by atoms with E-state index >= 15 is 0 Å². The molecule has 1 unspecified atom stereocenters. The normalized spacial score (nSPS) is 19.2. The van der Waals surface area contributed by atoms with E-state index in [9.17, 15) is 12.8 Å². The van der Waals surface area contributed by atoms with Crippen molar-refractivity contribution in [3.63, 3.8) is 0 Å². The topological polar surface area (TPSA) is 55.2 Å². The molecule has 1 saturated heterocycles. The lowest BCUT2D eigenvalue weighted by molar-refractivity contribution is 0.172. The molecule has 136 valence electrons. The van der Waals surface area contributed by atoms with Gasteiger partial charge in [-0.25, -0.2) is 17.8 Å². The molecule has 3 rings (SSSR count). The first-order valence-corrected chi connectivity index (χ1v) is 10.4. The van der Waals surface area contributed by atoms with Crippen molar-refractivity contribution < 1.29 is 12.8 Å². The molecule has 0 bridgehead atoms. The fourth-order valence-electron chi connectivity index (χ4n) is 3.44. The number of halogens is 1. The molecule has 5 nitrogen and oxygen atoms in total. The predicted octanol–water partition coefficient (Wildman–Crippen LogP) is 2.71. The number of hydrogen-bond donors (Lipinski definition) is 0. The summed E-state index contributed by atoms with van der Waals surface area (Å²) in [6.07, 6.45) is 5.11. The maximum Gasteiger partial charge on any atom is 0.227 e. The largest absolute Gasteiger partial charge is 0.313 e. The third-order valence-electron chi connectivity index (χ3n) is 4.65. The molecule has 0 aliphatic carbocycles. The fraction of sp³-hybridized carbons (Fsp3) is 0.500. The highest BCUT2D eigenvalue weighted by Crippen LogP contribution is 2.21. The number of imidazole rings is 1. The molecule has 0 amide bonds. The lowest BCUT2D eigenvalue weighted by Gasteiger charge is -2.31. The monoisotopic (exact) mass is 365 g/mol. The summed E-state index contributed by atoms with van der Waals surface area (Å²) in [6.45, 7) is 4.99. The second-order valence-corrected chi connectivity index (χ2v) is 8.87. The van der Waals surface area contributed by atoms with Crippen molar-refractivity contribution in [3.05, 3.63) is 47.5 Å². The summed E-state index contributed by atoms with van der Waals surface area (Å²) in [5.74, 6) is 0.291. The zero-order valence-corrected chi connectivity index (χ0v) is 15.5. The van der Waals surface area contributed by atoms with Gasteiger partial charge in [0.25, 0.3) is 0 Å². The third kappa shape index (κ3) is 4.27. The Kier molecular flexibility index (Phi) is 5.24. The quantitative estimate of drug-likeness (QED) is 0.818. The summed E-state index contributed by atoms with van der Waals surface area (Å²) in [5.41, 5.74) is 1.26. The number of sulfone groups is 1. The first-order valence-electron chi connectivity index (χ1n) is 8.55. The van der Waals surface area contributed by atoms with Crippen LogP contribution in [0.4, 0.5) is 4.39 Å². The van der Waals surface area contributed by atoms with E-state index < -0.39 is 9.84 Å². The van der Waals surface area contributed by atoms with E-state index in [0.717, 1.165) is 31.5 Å². The second-order valence-electron chi connectivity index (χ2n) is 6.96. The standard InChI is InChI=1S/C18H24FN3O2S/c1-14-6-5-9-21(11-14)13-16-10-20-18(25(2,23)24)22(16)12-15-7-3-4-8-17(15)19/h3-4,7-8,10,14H,5-6,9,11-13H2,1-2H3. The van der Waals surface area contributed by atoms with Crippen LogP contribution in [0.2, 0.25) is 0 Å². The molecule has 1 aromatic heterocycles. The molecule has 0 N–H and O–H groups in total. The first-order chi connectivity index (χ1) is 11.8. The number of piperidine rings is 1. The molecule has 1 aliphatic heterocycles. The number of hydrogen-bond acceptors (Lipinski definition) is 4. The average Bonchev–Trinajstić information content (AvgIpc) is 2.92. The molecule has 1 aliphatic rings. The van der Waals surface area contributed by atoms with Crippen LogP contribution in [0.15, 0.2) is 35.6 Å². The van der Waals surface area contributed by atoms with E-state index in [-0.39, 0.29) is 17.5 Å². The van der Waals surface area contributed by atoms with Gasteiger partial charge in [0.05, 0.1) is 18.4 Å². The molecule has 0 radical (unpaired) electrons. The van der Waals surface area contributed by atoms with Crippen LogP contribution < -0.4 is 0 Å². The number of aromatic nitrogens is 2. The molecule has 0 spiro atoms. The van der Waals surface area contributed by atoms with Gasteiger partial charge < -0.3 is 4.57 Å². The lowest BCUT2D eigenvalue weighted by Crippen LogP contribution is -2.34. The number of likely N-dealkylation sites (tertiary alicyclic amines) is 1. The maximum atomic E-state index is 14.1. The number of rotatable bonds is 5. The van der Waals surface area contributed by atoms with Crippen molar-refractivity contribution in [1.29, 1.82) is 0 Å². The van der Waals surface area contributed by atoms with Crippen molar-refractivity contribution in [2.45, 2.75) is 38.0 Å². The summed E-state index contributed by atoms with van der Waals surface area (Å²) in [7, 11) is -3.49. The van der Waals surface area contributed by atoms with Gasteiger partial charge in [0.15, 0.2) is 0 Å². The highest BCUT2D eigenvalue weighted by Gasteiger charge is 2.23. The van der Waals surface area contributed by atoms with Gasteiger partial charge in [0.2, 0.25) is 15.0 Å². The molecule has 1 aromatic carbocycles. The zero-order chi connectivity index (χ0) is 18.0. The smallest absolute Gasteiger partial charge is 0.227 e. The summed E-state index contributed by atoms with van der Waals surface area (Å²) in [6, 6.07) is 6.44. The van der Waals surface area contributed by atoms with Crippen molar-refractivity contribution in [3.8, 4) is 0 Å². The van der Waals surface area contributed by atoms with Crippen molar-refractivity contribution in [1.82, 2.24) is 14.5 Å². The van der Waals surface area contributed by atoms with Crippen LogP contribution in [0.25, 0.3) is 0 Å². The molecule has 7 heteroatoms. The Morgan fingerprint density at radius 2 is 2.04 bits per heavy atom. The highest BCUT2D eigenvalue weighted by molar-refractivity contribution is 7.90. The van der Waals surface area contributed by atoms with Crippen LogP contribution in [-0.2, 0) is 22.9 Å². The van der Waals surface area contributed by atoms with Crippen LogP contribution in [-0.4, -0.2) is 42.2 Å². The van der Waals surface area contributed by atoms with E-state index in [1.165, 1.54) is 12.5 Å². The maximum absolute atomic E-state index is 14.1. The van der Waals surface area contributed by atoms with E-state index in [2.05, 4.69) is 16.8 Å². The highest BCUT2D eigenvalue weighted by atomic mass is 32.2. The molecule has 1 fully saturated rings. The van der Waals surface area contributed by atoms with Gasteiger partial charge in [-0.15, -0.1) is 0 Å². The molecular weight excluding hydrogens is 341 g/mol. The Morgan fingerprint density at radius 1 is 1.28 bits per heavy atom. The van der Waals surface area contributed by atoms with Crippen LogP contribution >= 0.6 is 0 Å². The minimum atomic E-state index is -3.49. The van der Waals surface area contributed by atoms with Gasteiger partial charge in [-0.2, -0.15) is 0 Å². The number of benzene rings is 1. The molecule has 25 heavy (non-hydrogen) atoms. The van der Waals surface area contributed by atoms with E-state index in [1.54, 1.807) is 29.0 Å². The minimum absolute atomic E-state index is 0.00388. The Hall–Kier alpha value is -1.73. The Balaban J connectivity index is 1.93. The Bertz CT molecular complexity index is 848. The van der Waals surface area contributed by atoms with Gasteiger partial charge in [0, 0.05) is 24.9 Å². The van der Waals surface area contributed by atoms with Crippen molar-refractivity contribution >= 4 is 9.84 Å². The van der Waals surface area contributed by atoms with Crippen molar-refractivity contribution in [2.24, 2.45) is 5.92 Å². The fourth-order valence-corrected chi connectivity index (χ4v) is 4.27. The molecular formula is C18H24FN3O2S. The van der Waals surface area contributed by atoms with E-state index in [0.29, 0.717) is 18.0 Å². The van der Waals surface area contributed by atoms with Crippen molar-refractivity contribution in [2.75, 3.05) is 19.3 Å². The van der Waals surface area contributed by atoms with Gasteiger partial charge in [0.1, 0.15) is 5.82 Å². The van der Waals surface area contributed by atoms with Gasteiger partial charge in [-0.1, -0.05) is 25.1 Å².